The first-order valence-corrected chi connectivity index (χ1v) is 7.05. The zero-order chi connectivity index (χ0) is 14.0. The molecule has 0 bridgehead atoms. The van der Waals surface area contributed by atoms with Gasteiger partial charge in [-0.25, -0.2) is 9.78 Å². The second-order valence-electron chi connectivity index (χ2n) is 3.72. The SMILES string of the molecule is Nc1cnc(Nc2ccc(I)cc2Br)c(C(=O)O)c1. The number of hydrogen-bond acceptors (Lipinski definition) is 4. The minimum atomic E-state index is -1.08. The lowest BCUT2D eigenvalue weighted by atomic mass is 10.2. The summed E-state index contributed by atoms with van der Waals surface area (Å²) in [6.45, 7) is 0. The number of benzene rings is 1. The smallest absolute Gasteiger partial charge is 0.339 e. The number of halogens is 2. The molecule has 0 unspecified atom stereocenters. The van der Waals surface area contributed by atoms with Crippen LogP contribution in [-0.2, 0) is 0 Å². The van der Waals surface area contributed by atoms with Gasteiger partial charge in [0, 0.05) is 8.04 Å². The van der Waals surface area contributed by atoms with Crippen molar-refractivity contribution in [1.82, 2.24) is 4.98 Å². The van der Waals surface area contributed by atoms with Crippen LogP contribution < -0.4 is 11.1 Å². The average Bonchev–Trinajstić information content (AvgIpc) is 2.34. The number of aromatic nitrogens is 1. The number of aromatic carboxylic acids is 1. The molecule has 5 nitrogen and oxygen atoms in total. The van der Waals surface area contributed by atoms with Crippen LogP contribution in [0.5, 0.6) is 0 Å². The van der Waals surface area contributed by atoms with Crippen molar-refractivity contribution in [2.24, 2.45) is 0 Å². The number of carboxylic acid groups (broad SMARTS) is 1. The molecule has 19 heavy (non-hydrogen) atoms. The van der Waals surface area contributed by atoms with Crippen molar-refractivity contribution in [2.45, 2.75) is 0 Å². The molecule has 0 aliphatic heterocycles. The predicted molar refractivity (Wildman–Crippen MR) is 85.8 cm³/mol. The van der Waals surface area contributed by atoms with Crippen LogP contribution in [-0.4, -0.2) is 16.1 Å². The van der Waals surface area contributed by atoms with Gasteiger partial charge in [0.2, 0.25) is 0 Å². The van der Waals surface area contributed by atoms with Gasteiger partial charge in [-0.3, -0.25) is 0 Å². The fraction of sp³-hybridized carbons (Fsp3) is 0. The first-order chi connectivity index (χ1) is 8.97. The van der Waals surface area contributed by atoms with Gasteiger partial charge in [0.1, 0.15) is 11.4 Å². The van der Waals surface area contributed by atoms with E-state index in [1.54, 1.807) is 0 Å². The number of pyridine rings is 1. The minimum absolute atomic E-state index is 0.0328. The highest BCUT2D eigenvalue weighted by Gasteiger charge is 2.13. The van der Waals surface area contributed by atoms with Crippen molar-refractivity contribution in [1.29, 1.82) is 0 Å². The van der Waals surface area contributed by atoms with Crippen LogP contribution in [0.4, 0.5) is 17.2 Å². The molecule has 0 saturated carbocycles. The van der Waals surface area contributed by atoms with Gasteiger partial charge in [0.15, 0.2) is 0 Å². The second kappa shape index (κ2) is 5.74. The Bertz CT molecular complexity index is 649. The average molecular weight is 434 g/mol. The molecular formula is C12H9BrIN3O2. The first-order valence-electron chi connectivity index (χ1n) is 5.18. The summed E-state index contributed by atoms with van der Waals surface area (Å²) in [5.41, 5.74) is 6.62. The normalized spacial score (nSPS) is 10.2. The highest BCUT2D eigenvalue weighted by atomic mass is 127. The van der Waals surface area contributed by atoms with Gasteiger partial charge in [-0.15, -0.1) is 0 Å². The zero-order valence-corrected chi connectivity index (χ0v) is 13.3. The van der Waals surface area contributed by atoms with Gasteiger partial charge < -0.3 is 16.2 Å². The van der Waals surface area contributed by atoms with E-state index in [1.165, 1.54) is 12.3 Å². The van der Waals surface area contributed by atoms with E-state index in [-0.39, 0.29) is 11.4 Å². The van der Waals surface area contributed by atoms with Gasteiger partial charge in [0.05, 0.1) is 17.6 Å². The number of hydrogen-bond donors (Lipinski definition) is 3. The Morgan fingerprint density at radius 2 is 2.16 bits per heavy atom. The third-order valence-corrected chi connectivity index (χ3v) is 3.65. The van der Waals surface area contributed by atoms with Crippen molar-refractivity contribution in [3.8, 4) is 0 Å². The van der Waals surface area contributed by atoms with Gasteiger partial charge in [-0.05, 0) is 62.8 Å². The molecule has 0 aliphatic carbocycles. The molecule has 2 aromatic rings. The zero-order valence-electron chi connectivity index (χ0n) is 9.52. The predicted octanol–water partition coefficient (Wildman–Crippen LogP) is 3.47. The molecule has 98 valence electrons. The highest BCUT2D eigenvalue weighted by Crippen LogP contribution is 2.28. The summed E-state index contributed by atoms with van der Waals surface area (Å²) >= 11 is 5.60. The van der Waals surface area contributed by atoms with Crippen LogP contribution in [0.1, 0.15) is 10.4 Å². The van der Waals surface area contributed by atoms with Gasteiger partial charge >= 0.3 is 5.97 Å². The largest absolute Gasteiger partial charge is 0.478 e. The Hall–Kier alpha value is -1.35. The topological polar surface area (TPSA) is 88.2 Å². The molecule has 0 radical (unpaired) electrons. The van der Waals surface area contributed by atoms with E-state index in [9.17, 15) is 4.79 Å². The van der Waals surface area contributed by atoms with Crippen molar-refractivity contribution < 1.29 is 9.90 Å². The molecule has 0 spiro atoms. The molecule has 1 aromatic carbocycles. The maximum absolute atomic E-state index is 11.2. The Morgan fingerprint density at radius 3 is 2.79 bits per heavy atom. The Morgan fingerprint density at radius 1 is 1.42 bits per heavy atom. The molecule has 0 fully saturated rings. The fourth-order valence-electron chi connectivity index (χ4n) is 1.46. The standard InChI is InChI=1S/C12H9BrIN3O2/c13-9-3-6(14)1-2-10(9)17-11-8(12(18)19)4-7(15)5-16-11/h1-5H,15H2,(H,16,17)(H,18,19). The Balaban J connectivity index is 2.40. The molecule has 0 atom stereocenters. The molecular weight excluding hydrogens is 425 g/mol. The number of carbonyl (C=O) groups is 1. The van der Waals surface area contributed by atoms with E-state index in [4.69, 9.17) is 10.8 Å². The van der Waals surface area contributed by atoms with Crippen LogP contribution >= 0.6 is 38.5 Å². The van der Waals surface area contributed by atoms with Crippen LogP contribution in [0.3, 0.4) is 0 Å². The highest BCUT2D eigenvalue weighted by molar-refractivity contribution is 14.1. The summed E-state index contributed by atoms with van der Waals surface area (Å²) in [5.74, 6) is -0.826. The summed E-state index contributed by atoms with van der Waals surface area (Å²) in [4.78, 5) is 15.2. The van der Waals surface area contributed by atoms with Gasteiger partial charge in [-0.2, -0.15) is 0 Å². The Kier molecular flexibility index (Phi) is 4.25. The van der Waals surface area contributed by atoms with Crippen molar-refractivity contribution >= 4 is 61.7 Å². The van der Waals surface area contributed by atoms with E-state index < -0.39 is 5.97 Å². The lowest BCUT2D eigenvalue weighted by molar-refractivity contribution is 0.0697. The lowest BCUT2D eigenvalue weighted by Gasteiger charge is -2.11. The maximum atomic E-state index is 11.2. The molecule has 2 rings (SSSR count). The van der Waals surface area contributed by atoms with Crippen molar-refractivity contribution in [3.05, 3.63) is 44.1 Å². The number of rotatable bonds is 3. The molecule has 1 heterocycles. The van der Waals surface area contributed by atoms with Crippen molar-refractivity contribution in [2.75, 3.05) is 11.1 Å². The molecule has 7 heteroatoms. The van der Waals surface area contributed by atoms with E-state index in [1.807, 2.05) is 18.2 Å². The van der Waals surface area contributed by atoms with Gasteiger partial charge in [0.25, 0.3) is 0 Å². The number of nitrogen functional groups attached to an aromatic ring is 1. The summed E-state index contributed by atoms with van der Waals surface area (Å²) in [5, 5.41) is 12.1. The monoisotopic (exact) mass is 433 g/mol. The van der Waals surface area contributed by atoms with E-state index >= 15 is 0 Å². The molecule has 0 amide bonds. The van der Waals surface area contributed by atoms with Gasteiger partial charge in [-0.1, -0.05) is 0 Å². The lowest BCUT2D eigenvalue weighted by Crippen LogP contribution is -2.06. The second-order valence-corrected chi connectivity index (χ2v) is 5.82. The van der Waals surface area contributed by atoms with Crippen LogP contribution in [0.15, 0.2) is 34.9 Å². The number of nitrogens with two attached hydrogens (primary N) is 1. The molecule has 4 N–H and O–H groups in total. The minimum Gasteiger partial charge on any atom is -0.478 e. The number of nitrogens with one attached hydrogen (secondary N) is 1. The van der Waals surface area contributed by atoms with Crippen molar-refractivity contribution in [3.63, 3.8) is 0 Å². The summed E-state index contributed by atoms with van der Waals surface area (Å²) < 4.78 is 1.90. The summed E-state index contributed by atoms with van der Waals surface area (Å²) in [7, 11) is 0. The van der Waals surface area contributed by atoms with E-state index in [0.717, 1.165) is 13.7 Å². The molecule has 0 aliphatic rings. The number of nitrogens with zero attached hydrogens (tertiary/aromatic N) is 1. The third kappa shape index (κ3) is 3.35. The number of carboxylic acids is 1. The summed E-state index contributed by atoms with van der Waals surface area (Å²) in [6.07, 6.45) is 1.41. The van der Waals surface area contributed by atoms with Crippen LogP contribution in [0.25, 0.3) is 0 Å². The van der Waals surface area contributed by atoms with Crippen LogP contribution in [0.2, 0.25) is 0 Å². The first kappa shape index (κ1) is 14.1. The quantitative estimate of drug-likeness (QED) is 0.645. The third-order valence-electron chi connectivity index (χ3n) is 2.32. The molecule has 0 saturated heterocycles. The Labute approximate surface area is 131 Å². The molecule has 1 aromatic heterocycles. The summed E-state index contributed by atoms with van der Waals surface area (Å²) in [6, 6.07) is 7.04. The number of anilines is 3. The van der Waals surface area contributed by atoms with E-state index in [2.05, 4.69) is 48.8 Å². The van der Waals surface area contributed by atoms with Crippen LogP contribution in [0, 0.1) is 3.57 Å². The fourth-order valence-corrected chi connectivity index (χ4v) is 2.86. The maximum Gasteiger partial charge on any atom is 0.339 e. The van der Waals surface area contributed by atoms with E-state index in [0.29, 0.717) is 5.69 Å².